The highest BCUT2D eigenvalue weighted by atomic mass is 19.1. The quantitative estimate of drug-likeness (QED) is 0.455. The summed E-state index contributed by atoms with van der Waals surface area (Å²) in [5, 5.41) is 2.52. The van der Waals surface area contributed by atoms with Gasteiger partial charge in [0, 0.05) is 0 Å². The topological polar surface area (TPSA) is 29.1 Å². The highest BCUT2D eigenvalue weighted by Gasteiger charge is 1.96. The standard InChI is InChI=1S/C8H12FNO/c1-2-8(10-7-11)5-3-4-6-9/h2-4,7-8H,1,5-6H2,(H,10,11)/b4-3-. The van der Waals surface area contributed by atoms with Crippen LogP contribution in [0.25, 0.3) is 0 Å². The van der Waals surface area contributed by atoms with Crippen LogP contribution in [0.5, 0.6) is 0 Å². The highest BCUT2D eigenvalue weighted by Crippen LogP contribution is 1.93. The van der Waals surface area contributed by atoms with E-state index in [4.69, 9.17) is 0 Å². The van der Waals surface area contributed by atoms with E-state index in [0.717, 1.165) is 0 Å². The second-order valence-electron chi connectivity index (χ2n) is 1.99. The SMILES string of the molecule is C=CC(C/C=C\CF)NC=O. The predicted molar refractivity (Wildman–Crippen MR) is 42.9 cm³/mol. The van der Waals surface area contributed by atoms with Crippen molar-refractivity contribution in [1.29, 1.82) is 0 Å². The number of carbonyl (C=O) groups is 1. The molecule has 0 spiro atoms. The van der Waals surface area contributed by atoms with Gasteiger partial charge in [0.25, 0.3) is 0 Å². The Kier molecular flexibility index (Phi) is 6.28. The van der Waals surface area contributed by atoms with Crippen molar-refractivity contribution in [1.82, 2.24) is 5.32 Å². The minimum absolute atomic E-state index is 0.0877. The minimum atomic E-state index is -0.467. The molecule has 2 nitrogen and oxygen atoms in total. The van der Waals surface area contributed by atoms with Gasteiger partial charge in [-0.25, -0.2) is 4.39 Å². The first kappa shape index (κ1) is 9.88. The maximum atomic E-state index is 11.5. The summed E-state index contributed by atoms with van der Waals surface area (Å²) in [6.07, 6.45) is 5.88. The maximum absolute atomic E-state index is 11.5. The lowest BCUT2D eigenvalue weighted by Crippen LogP contribution is -2.24. The van der Waals surface area contributed by atoms with Crippen LogP contribution in [0.15, 0.2) is 24.8 Å². The van der Waals surface area contributed by atoms with Gasteiger partial charge in [-0.2, -0.15) is 0 Å². The summed E-state index contributed by atoms with van der Waals surface area (Å²) in [6, 6.07) is -0.0877. The second-order valence-corrected chi connectivity index (χ2v) is 1.99. The average Bonchev–Trinajstić information content (AvgIpc) is 2.03. The Balaban J connectivity index is 3.59. The van der Waals surface area contributed by atoms with Crippen LogP contribution in [0, 0.1) is 0 Å². The molecule has 0 rings (SSSR count). The van der Waals surface area contributed by atoms with Gasteiger partial charge in [0.1, 0.15) is 6.67 Å². The summed E-state index contributed by atoms with van der Waals surface area (Å²) < 4.78 is 11.5. The van der Waals surface area contributed by atoms with Gasteiger partial charge in [0.05, 0.1) is 6.04 Å². The monoisotopic (exact) mass is 157 g/mol. The fourth-order valence-corrected chi connectivity index (χ4v) is 0.626. The van der Waals surface area contributed by atoms with Crippen LogP contribution in [0.4, 0.5) is 4.39 Å². The molecule has 0 aliphatic heterocycles. The lowest BCUT2D eigenvalue weighted by molar-refractivity contribution is -0.109. The van der Waals surface area contributed by atoms with E-state index in [-0.39, 0.29) is 6.04 Å². The summed E-state index contributed by atoms with van der Waals surface area (Å²) in [7, 11) is 0. The molecular formula is C8H12FNO. The number of nitrogens with one attached hydrogen (secondary N) is 1. The molecule has 3 heteroatoms. The number of alkyl halides is 1. The Hall–Kier alpha value is -1.12. The number of rotatable bonds is 6. The third kappa shape index (κ3) is 5.33. The van der Waals surface area contributed by atoms with Crippen LogP contribution in [-0.4, -0.2) is 19.1 Å². The molecule has 0 saturated carbocycles. The van der Waals surface area contributed by atoms with Crippen molar-refractivity contribution in [2.45, 2.75) is 12.5 Å². The first-order valence-corrected chi connectivity index (χ1v) is 3.38. The molecule has 0 radical (unpaired) electrons. The van der Waals surface area contributed by atoms with Crippen LogP contribution < -0.4 is 5.32 Å². The molecule has 1 N–H and O–H groups in total. The van der Waals surface area contributed by atoms with Gasteiger partial charge in [0.2, 0.25) is 6.41 Å². The van der Waals surface area contributed by atoms with Gasteiger partial charge >= 0.3 is 0 Å². The van der Waals surface area contributed by atoms with Gasteiger partial charge in [-0.3, -0.25) is 4.79 Å². The molecule has 11 heavy (non-hydrogen) atoms. The Morgan fingerprint density at radius 1 is 1.55 bits per heavy atom. The van der Waals surface area contributed by atoms with Gasteiger partial charge in [0.15, 0.2) is 0 Å². The van der Waals surface area contributed by atoms with E-state index in [1.165, 1.54) is 6.08 Å². The second kappa shape index (κ2) is 6.99. The van der Waals surface area contributed by atoms with Crippen LogP contribution in [0.3, 0.4) is 0 Å². The molecule has 1 atom stereocenters. The minimum Gasteiger partial charge on any atom is -0.352 e. The zero-order valence-electron chi connectivity index (χ0n) is 6.29. The Morgan fingerprint density at radius 3 is 2.73 bits per heavy atom. The van der Waals surface area contributed by atoms with Gasteiger partial charge < -0.3 is 5.32 Å². The van der Waals surface area contributed by atoms with Crippen LogP contribution in [-0.2, 0) is 4.79 Å². The normalized spacial score (nSPS) is 12.8. The van der Waals surface area contributed by atoms with Crippen LogP contribution in [0.2, 0.25) is 0 Å². The summed E-state index contributed by atoms with van der Waals surface area (Å²) in [5.74, 6) is 0. The van der Waals surface area contributed by atoms with E-state index in [0.29, 0.717) is 12.8 Å². The first-order valence-electron chi connectivity index (χ1n) is 3.38. The molecule has 0 heterocycles. The lowest BCUT2D eigenvalue weighted by atomic mass is 10.2. The van der Waals surface area contributed by atoms with E-state index < -0.39 is 6.67 Å². The molecule has 0 aromatic carbocycles. The van der Waals surface area contributed by atoms with Crippen LogP contribution >= 0.6 is 0 Å². The van der Waals surface area contributed by atoms with Crippen molar-refractivity contribution in [2.75, 3.05) is 6.67 Å². The lowest BCUT2D eigenvalue weighted by Gasteiger charge is -2.06. The Labute approximate surface area is 65.8 Å². The predicted octanol–water partition coefficient (Wildman–Crippen LogP) is 1.20. The number of hydrogen-bond acceptors (Lipinski definition) is 1. The van der Waals surface area contributed by atoms with E-state index in [9.17, 15) is 9.18 Å². The van der Waals surface area contributed by atoms with E-state index in [2.05, 4.69) is 11.9 Å². The number of allylic oxidation sites excluding steroid dienone is 1. The Morgan fingerprint density at radius 2 is 2.27 bits per heavy atom. The summed E-state index contributed by atoms with van der Waals surface area (Å²) in [6.45, 7) is 3.04. The van der Waals surface area contributed by atoms with Crippen molar-refractivity contribution in [3.8, 4) is 0 Å². The van der Waals surface area contributed by atoms with Crippen LogP contribution in [0.1, 0.15) is 6.42 Å². The summed E-state index contributed by atoms with van der Waals surface area (Å²) >= 11 is 0. The molecule has 0 aromatic rings. The van der Waals surface area contributed by atoms with Crippen molar-refractivity contribution in [2.24, 2.45) is 0 Å². The molecule has 62 valence electrons. The zero-order chi connectivity index (χ0) is 8.53. The van der Waals surface area contributed by atoms with E-state index in [1.807, 2.05) is 0 Å². The number of amides is 1. The number of carbonyl (C=O) groups excluding carboxylic acids is 1. The van der Waals surface area contributed by atoms with E-state index >= 15 is 0 Å². The summed E-state index contributed by atoms with van der Waals surface area (Å²) in [4.78, 5) is 9.95. The third-order valence-electron chi connectivity index (χ3n) is 1.21. The number of hydrogen-bond donors (Lipinski definition) is 1. The Bertz CT molecular complexity index is 145. The van der Waals surface area contributed by atoms with Crippen molar-refractivity contribution < 1.29 is 9.18 Å². The fraction of sp³-hybridized carbons (Fsp3) is 0.375. The molecule has 0 bridgehead atoms. The third-order valence-corrected chi connectivity index (χ3v) is 1.21. The molecule has 0 aliphatic carbocycles. The molecule has 1 unspecified atom stereocenters. The van der Waals surface area contributed by atoms with Gasteiger partial charge in [-0.1, -0.05) is 18.2 Å². The molecule has 0 aliphatic rings. The first-order chi connectivity index (χ1) is 5.35. The van der Waals surface area contributed by atoms with Crippen molar-refractivity contribution in [3.05, 3.63) is 24.8 Å². The zero-order valence-corrected chi connectivity index (χ0v) is 6.29. The van der Waals surface area contributed by atoms with Crippen molar-refractivity contribution in [3.63, 3.8) is 0 Å². The highest BCUT2D eigenvalue weighted by molar-refractivity contribution is 5.47. The molecule has 0 fully saturated rings. The summed E-state index contributed by atoms with van der Waals surface area (Å²) in [5.41, 5.74) is 0. The molecule has 0 aromatic heterocycles. The smallest absolute Gasteiger partial charge is 0.207 e. The largest absolute Gasteiger partial charge is 0.352 e. The van der Waals surface area contributed by atoms with Gasteiger partial charge in [-0.15, -0.1) is 6.58 Å². The maximum Gasteiger partial charge on any atom is 0.207 e. The van der Waals surface area contributed by atoms with E-state index in [1.54, 1.807) is 12.2 Å². The van der Waals surface area contributed by atoms with Gasteiger partial charge in [-0.05, 0) is 6.42 Å². The van der Waals surface area contributed by atoms with Crippen molar-refractivity contribution >= 4 is 6.41 Å². The molecule has 1 amide bonds. The fourth-order valence-electron chi connectivity index (χ4n) is 0.626. The molecule has 0 saturated heterocycles. The number of halogens is 1. The molecular weight excluding hydrogens is 145 g/mol. The average molecular weight is 157 g/mol.